The standard InChI is InChI=1S/C16H15BrCl2O/c1-20-10-9-11-5-7-12(8-6-11)16(17)15-13(18)3-2-4-14(15)19/h2-8,16H,9-10H2,1H3. The van der Waals surface area contributed by atoms with Crippen molar-refractivity contribution in [2.45, 2.75) is 11.2 Å². The lowest BCUT2D eigenvalue weighted by Gasteiger charge is -2.15. The number of hydrogen-bond donors (Lipinski definition) is 0. The quantitative estimate of drug-likeness (QED) is 0.613. The van der Waals surface area contributed by atoms with Crippen molar-refractivity contribution < 1.29 is 4.74 Å². The van der Waals surface area contributed by atoms with Crippen molar-refractivity contribution in [1.82, 2.24) is 0 Å². The predicted octanol–water partition coefficient (Wildman–Crippen LogP) is 5.67. The second kappa shape index (κ2) is 7.46. The van der Waals surface area contributed by atoms with Gasteiger partial charge in [0.25, 0.3) is 0 Å². The van der Waals surface area contributed by atoms with Crippen LogP contribution < -0.4 is 0 Å². The SMILES string of the molecule is COCCc1ccc(C(Br)c2c(Cl)cccc2Cl)cc1. The Morgan fingerprint density at radius 2 is 1.65 bits per heavy atom. The summed E-state index contributed by atoms with van der Waals surface area (Å²) in [6.07, 6.45) is 0.913. The zero-order chi connectivity index (χ0) is 14.5. The molecular weight excluding hydrogens is 359 g/mol. The van der Waals surface area contributed by atoms with E-state index in [1.807, 2.05) is 18.2 Å². The van der Waals surface area contributed by atoms with Crippen LogP contribution in [0.25, 0.3) is 0 Å². The molecule has 0 bridgehead atoms. The van der Waals surface area contributed by atoms with Crippen LogP contribution in [0.3, 0.4) is 0 Å². The van der Waals surface area contributed by atoms with Crippen LogP contribution in [-0.2, 0) is 11.2 Å². The van der Waals surface area contributed by atoms with E-state index >= 15 is 0 Å². The molecule has 0 radical (unpaired) electrons. The molecule has 0 fully saturated rings. The highest BCUT2D eigenvalue weighted by atomic mass is 79.9. The van der Waals surface area contributed by atoms with Gasteiger partial charge in [0.2, 0.25) is 0 Å². The Morgan fingerprint density at radius 3 is 2.20 bits per heavy atom. The summed E-state index contributed by atoms with van der Waals surface area (Å²) in [5.41, 5.74) is 3.28. The Bertz CT molecular complexity index is 549. The Morgan fingerprint density at radius 1 is 1.05 bits per heavy atom. The van der Waals surface area contributed by atoms with Crippen LogP contribution in [-0.4, -0.2) is 13.7 Å². The zero-order valence-corrected chi connectivity index (χ0v) is 14.2. The molecule has 0 aromatic heterocycles. The fourth-order valence-corrected chi connectivity index (χ4v) is 3.67. The van der Waals surface area contributed by atoms with Crippen LogP contribution >= 0.6 is 39.1 Å². The van der Waals surface area contributed by atoms with Gasteiger partial charge >= 0.3 is 0 Å². The molecule has 0 spiro atoms. The molecule has 4 heteroatoms. The molecule has 0 aliphatic rings. The van der Waals surface area contributed by atoms with Crippen LogP contribution in [0.4, 0.5) is 0 Å². The molecule has 0 saturated carbocycles. The molecule has 0 aliphatic carbocycles. The molecule has 2 aromatic carbocycles. The molecule has 0 aliphatic heterocycles. The maximum absolute atomic E-state index is 6.24. The first-order valence-corrected chi connectivity index (χ1v) is 7.96. The van der Waals surface area contributed by atoms with Crippen molar-refractivity contribution in [2.75, 3.05) is 13.7 Å². The lowest BCUT2D eigenvalue weighted by molar-refractivity contribution is 0.202. The third kappa shape index (κ3) is 3.76. The maximum Gasteiger partial charge on any atom is 0.0673 e. The average molecular weight is 374 g/mol. The van der Waals surface area contributed by atoms with Gasteiger partial charge in [-0.15, -0.1) is 0 Å². The normalized spacial score (nSPS) is 12.4. The minimum atomic E-state index is -0.0137. The molecule has 1 unspecified atom stereocenters. The molecule has 0 saturated heterocycles. The van der Waals surface area contributed by atoms with Gasteiger partial charge in [0, 0.05) is 22.7 Å². The monoisotopic (exact) mass is 372 g/mol. The first-order chi connectivity index (χ1) is 9.63. The van der Waals surface area contributed by atoms with E-state index in [4.69, 9.17) is 27.9 Å². The zero-order valence-electron chi connectivity index (χ0n) is 11.1. The van der Waals surface area contributed by atoms with Gasteiger partial charge in [-0.05, 0) is 29.7 Å². The number of benzene rings is 2. The highest BCUT2D eigenvalue weighted by Gasteiger charge is 2.16. The molecule has 1 atom stereocenters. The van der Waals surface area contributed by atoms with Crippen LogP contribution in [0.1, 0.15) is 21.5 Å². The fourth-order valence-electron chi connectivity index (χ4n) is 1.99. The number of hydrogen-bond acceptors (Lipinski definition) is 1. The van der Waals surface area contributed by atoms with Crippen LogP contribution in [0, 0.1) is 0 Å². The summed E-state index contributed by atoms with van der Waals surface area (Å²) in [5.74, 6) is 0. The summed E-state index contributed by atoms with van der Waals surface area (Å²) in [7, 11) is 1.71. The van der Waals surface area contributed by atoms with Gasteiger partial charge in [0.15, 0.2) is 0 Å². The number of rotatable bonds is 5. The van der Waals surface area contributed by atoms with Crippen LogP contribution in [0.5, 0.6) is 0 Å². The Hall–Kier alpha value is -0.540. The third-order valence-electron chi connectivity index (χ3n) is 3.12. The highest BCUT2D eigenvalue weighted by molar-refractivity contribution is 9.09. The van der Waals surface area contributed by atoms with Crippen LogP contribution in [0.2, 0.25) is 10.0 Å². The van der Waals surface area contributed by atoms with E-state index in [1.165, 1.54) is 5.56 Å². The van der Waals surface area contributed by atoms with Crippen molar-refractivity contribution in [3.8, 4) is 0 Å². The summed E-state index contributed by atoms with van der Waals surface area (Å²) in [6.45, 7) is 0.730. The average Bonchev–Trinajstić information content (AvgIpc) is 2.45. The summed E-state index contributed by atoms with van der Waals surface area (Å²) in [6, 6.07) is 13.9. The van der Waals surface area contributed by atoms with E-state index in [0.29, 0.717) is 10.0 Å². The number of methoxy groups -OCH3 is 1. The van der Waals surface area contributed by atoms with Gasteiger partial charge in [-0.2, -0.15) is 0 Å². The second-order valence-electron chi connectivity index (χ2n) is 4.48. The van der Waals surface area contributed by atoms with Crippen molar-refractivity contribution in [1.29, 1.82) is 0 Å². The number of ether oxygens (including phenoxy) is 1. The lowest BCUT2D eigenvalue weighted by atomic mass is 10.0. The third-order valence-corrected chi connectivity index (χ3v) is 4.77. The Labute approximate surface area is 138 Å². The van der Waals surface area contributed by atoms with Gasteiger partial charge in [-0.25, -0.2) is 0 Å². The number of alkyl halides is 1. The van der Waals surface area contributed by atoms with E-state index in [9.17, 15) is 0 Å². The summed E-state index contributed by atoms with van der Waals surface area (Å²) in [5, 5.41) is 1.34. The summed E-state index contributed by atoms with van der Waals surface area (Å²) >= 11 is 16.2. The fraction of sp³-hybridized carbons (Fsp3) is 0.250. The first kappa shape index (κ1) is 15.8. The maximum atomic E-state index is 6.24. The largest absolute Gasteiger partial charge is 0.384 e. The molecular formula is C16H15BrCl2O. The first-order valence-electron chi connectivity index (χ1n) is 6.29. The predicted molar refractivity (Wildman–Crippen MR) is 89.3 cm³/mol. The Balaban J connectivity index is 2.23. The van der Waals surface area contributed by atoms with Crippen molar-refractivity contribution in [3.05, 3.63) is 69.2 Å². The van der Waals surface area contributed by atoms with Crippen LogP contribution in [0.15, 0.2) is 42.5 Å². The van der Waals surface area contributed by atoms with Crippen molar-refractivity contribution >= 4 is 39.1 Å². The van der Waals surface area contributed by atoms with E-state index in [2.05, 4.69) is 40.2 Å². The van der Waals surface area contributed by atoms with E-state index in [0.717, 1.165) is 24.2 Å². The Kier molecular flexibility index (Phi) is 5.91. The van der Waals surface area contributed by atoms with Gasteiger partial charge in [0.05, 0.1) is 11.4 Å². The van der Waals surface area contributed by atoms with Crippen molar-refractivity contribution in [2.24, 2.45) is 0 Å². The summed E-state index contributed by atoms with van der Waals surface area (Å²) < 4.78 is 5.08. The van der Waals surface area contributed by atoms with Gasteiger partial charge in [-0.1, -0.05) is 69.5 Å². The van der Waals surface area contributed by atoms with E-state index in [-0.39, 0.29) is 4.83 Å². The highest BCUT2D eigenvalue weighted by Crippen LogP contribution is 2.39. The molecule has 2 aromatic rings. The molecule has 0 amide bonds. The van der Waals surface area contributed by atoms with E-state index < -0.39 is 0 Å². The molecule has 20 heavy (non-hydrogen) atoms. The molecule has 2 rings (SSSR count). The number of halogens is 3. The minimum absolute atomic E-state index is 0.0137. The van der Waals surface area contributed by atoms with E-state index in [1.54, 1.807) is 7.11 Å². The molecule has 0 N–H and O–H groups in total. The minimum Gasteiger partial charge on any atom is -0.384 e. The molecule has 106 valence electrons. The molecule has 1 nitrogen and oxygen atoms in total. The van der Waals surface area contributed by atoms with Gasteiger partial charge in [-0.3, -0.25) is 0 Å². The smallest absolute Gasteiger partial charge is 0.0673 e. The summed E-state index contributed by atoms with van der Waals surface area (Å²) in [4.78, 5) is -0.0137. The van der Waals surface area contributed by atoms with Gasteiger partial charge in [0.1, 0.15) is 0 Å². The second-order valence-corrected chi connectivity index (χ2v) is 6.21. The lowest BCUT2D eigenvalue weighted by Crippen LogP contribution is -1.97. The topological polar surface area (TPSA) is 9.23 Å². The van der Waals surface area contributed by atoms with Crippen molar-refractivity contribution in [3.63, 3.8) is 0 Å². The van der Waals surface area contributed by atoms with Gasteiger partial charge < -0.3 is 4.74 Å². The molecule has 0 heterocycles.